The minimum atomic E-state index is 0.753. The monoisotopic (exact) mass is 213 g/mol. The van der Waals surface area contributed by atoms with Gasteiger partial charge in [0.15, 0.2) is 0 Å². The van der Waals surface area contributed by atoms with E-state index < -0.39 is 0 Å². The van der Waals surface area contributed by atoms with Gasteiger partial charge in [-0.2, -0.15) is 0 Å². The molecule has 90 valence electrons. The summed E-state index contributed by atoms with van der Waals surface area (Å²) >= 11 is 0. The average molecular weight is 213 g/mol. The van der Waals surface area contributed by atoms with Crippen molar-refractivity contribution in [1.82, 2.24) is 5.32 Å². The molecule has 0 aromatic rings. The first-order chi connectivity index (χ1) is 7.41. The first-order valence-electron chi connectivity index (χ1n) is 6.56. The maximum absolute atomic E-state index is 10.1. The second-order valence-corrected chi connectivity index (χ2v) is 4.14. The van der Waals surface area contributed by atoms with Gasteiger partial charge in [-0.15, -0.1) is 0 Å². The molecular weight excluding hydrogens is 186 g/mol. The number of hydrogen-bond acceptors (Lipinski definition) is 2. The molecule has 0 saturated carbocycles. The molecule has 0 unspecified atom stereocenters. The number of rotatable bonds is 12. The summed E-state index contributed by atoms with van der Waals surface area (Å²) in [7, 11) is 0. The summed E-state index contributed by atoms with van der Waals surface area (Å²) in [6.07, 6.45) is 12.2. The summed E-state index contributed by atoms with van der Waals surface area (Å²) in [5.41, 5.74) is 0. The molecule has 0 heterocycles. The van der Waals surface area contributed by atoms with Crippen LogP contribution >= 0.6 is 0 Å². The Bertz CT molecular complexity index is 126. The van der Waals surface area contributed by atoms with Gasteiger partial charge >= 0.3 is 0 Å². The lowest BCUT2D eigenvalue weighted by Crippen LogP contribution is -2.13. The lowest BCUT2D eigenvalue weighted by Gasteiger charge is -2.02. The highest BCUT2D eigenvalue weighted by Crippen LogP contribution is 2.08. The van der Waals surface area contributed by atoms with E-state index in [1.807, 2.05) is 0 Å². The van der Waals surface area contributed by atoms with E-state index in [-0.39, 0.29) is 0 Å². The molecule has 0 radical (unpaired) electrons. The van der Waals surface area contributed by atoms with Gasteiger partial charge in [-0.1, -0.05) is 45.4 Å². The first-order valence-corrected chi connectivity index (χ1v) is 6.56. The molecule has 0 aliphatic rings. The number of carbonyl (C=O) groups is 1. The molecule has 0 bridgehead atoms. The van der Waals surface area contributed by atoms with Crippen LogP contribution in [0.15, 0.2) is 0 Å². The van der Waals surface area contributed by atoms with Gasteiger partial charge in [0.2, 0.25) is 0 Å². The maximum atomic E-state index is 10.1. The maximum Gasteiger partial charge on any atom is 0.119 e. The van der Waals surface area contributed by atoms with Crippen LogP contribution in [0.4, 0.5) is 0 Å². The van der Waals surface area contributed by atoms with E-state index >= 15 is 0 Å². The summed E-state index contributed by atoms with van der Waals surface area (Å²) in [4.78, 5) is 10.1. The summed E-state index contributed by atoms with van der Waals surface area (Å²) in [6.45, 7) is 4.42. The predicted molar refractivity (Wildman–Crippen MR) is 66.2 cm³/mol. The zero-order chi connectivity index (χ0) is 11.2. The van der Waals surface area contributed by atoms with Gasteiger partial charge < -0.3 is 10.1 Å². The van der Waals surface area contributed by atoms with Crippen molar-refractivity contribution in [2.75, 3.05) is 13.1 Å². The molecule has 15 heavy (non-hydrogen) atoms. The van der Waals surface area contributed by atoms with Gasteiger partial charge in [0.1, 0.15) is 6.29 Å². The van der Waals surface area contributed by atoms with Gasteiger partial charge in [0.05, 0.1) is 0 Å². The predicted octanol–water partition coefficient (Wildman–Crippen LogP) is 3.31. The molecule has 0 fully saturated rings. The Morgan fingerprint density at radius 2 is 1.40 bits per heavy atom. The fourth-order valence-corrected chi connectivity index (χ4v) is 1.72. The normalized spacial score (nSPS) is 10.5. The van der Waals surface area contributed by atoms with Crippen molar-refractivity contribution in [2.24, 2.45) is 0 Å². The lowest BCUT2D eigenvalue weighted by atomic mass is 10.1. The van der Waals surface area contributed by atoms with Crippen molar-refractivity contribution in [3.63, 3.8) is 0 Å². The molecule has 1 N–H and O–H groups in total. The molecule has 0 aliphatic carbocycles. The van der Waals surface area contributed by atoms with E-state index in [0.29, 0.717) is 0 Å². The Balaban J connectivity index is 2.83. The van der Waals surface area contributed by atoms with Crippen molar-refractivity contribution in [2.45, 2.75) is 64.7 Å². The van der Waals surface area contributed by atoms with Crippen LogP contribution in [0.25, 0.3) is 0 Å². The van der Waals surface area contributed by atoms with Crippen molar-refractivity contribution >= 4 is 6.29 Å². The van der Waals surface area contributed by atoms with Crippen molar-refractivity contribution < 1.29 is 4.79 Å². The van der Waals surface area contributed by atoms with Crippen LogP contribution in [0, 0.1) is 0 Å². The van der Waals surface area contributed by atoms with E-state index in [0.717, 1.165) is 25.7 Å². The molecule has 0 amide bonds. The standard InChI is InChI=1S/C13H27NO/c1-2-14-12-10-8-6-4-3-5-7-9-11-13-15/h13-14H,2-12H2,1H3. The largest absolute Gasteiger partial charge is 0.317 e. The third-order valence-corrected chi connectivity index (χ3v) is 2.68. The van der Waals surface area contributed by atoms with Gasteiger partial charge in [0.25, 0.3) is 0 Å². The molecule has 0 spiro atoms. The molecule has 0 aromatic heterocycles. The van der Waals surface area contributed by atoms with Crippen LogP contribution in [0.1, 0.15) is 64.7 Å². The smallest absolute Gasteiger partial charge is 0.119 e. The molecular formula is C13H27NO. The fourth-order valence-electron chi connectivity index (χ4n) is 1.72. The van der Waals surface area contributed by atoms with Crippen LogP contribution in [-0.2, 0) is 4.79 Å². The van der Waals surface area contributed by atoms with E-state index in [9.17, 15) is 4.79 Å². The second-order valence-electron chi connectivity index (χ2n) is 4.14. The molecule has 0 aromatic carbocycles. The van der Waals surface area contributed by atoms with Gasteiger partial charge in [0, 0.05) is 6.42 Å². The number of unbranched alkanes of at least 4 members (excludes halogenated alkanes) is 8. The summed E-state index contributed by atoms with van der Waals surface area (Å²) in [5, 5.41) is 3.34. The molecule has 0 rings (SSSR count). The van der Waals surface area contributed by atoms with Crippen LogP contribution in [-0.4, -0.2) is 19.4 Å². The summed E-state index contributed by atoms with van der Waals surface area (Å²) < 4.78 is 0. The van der Waals surface area contributed by atoms with Gasteiger partial charge in [-0.25, -0.2) is 0 Å². The zero-order valence-corrected chi connectivity index (χ0v) is 10.3. The zero-order valence-electron chi connectivity index (χ0n) is 10.3. The van der Waals surface area contributed by atoms with Crippen LogP contribution in [0.2, 0.25) is 0 Å². The Kier molecular flexibility index (Phi) is 13.3. The molecule has 0 atom stereocenters. The van der Waals surface area contributed by atoms with E-state index in [1.54, 1.807) is 0 Å². The van der Waals surface area contributed by atoms with E-state index in [4.69, 9.17) is 0 Å². The van der Waals surface area contributed by atoms with Gasteiger partial charge in [-0.05, 0) is 25.9 Å². The Morgan fingerprint density at radius 1 is 0.867 bits per heavy atom. The highest BCUT2D eigenvalue weighted by molar-refractivity contribution is 5.48. The highest BCUT2D eigenvalue weighted by Gasteiger charge is 1.92. The van der Waals surface area contributed by atoms with Crippen LogP contribution < -0.4 is 5.32 Å². The van der Waals surface area contributed by atoms with Gasteiger partial charge in [-0.3, -0.25) is 0 Å². The van der Waals surface area contributed by atoms with E-state index in [1.165, 1.54) is 51.5 Å². The number of aldehydes is 1. The topological polar surface area (TPSA) is 29.1 Å². The minimum absolute atomic E-state index is 0.753. The number of carbonyl (C=O) groups excluding carboxylic acids is 1. The quantitative estimate of drug-likeness (QED) is 0.398. The van der Waals surface area contributed by atoms with Crippen molar-refractivity contribution in [3.05, 3.63) is 0 Å². The molecule has 0 aliphatic heterocycles. The Morgan fingerprint density at radius 3 is 1.93 bits per heavy atom. The lowest BCUT2D eigenvalue weighted by molar-refractivity contribution is -0.107. The summed E-state index contributed by atoms with van der Waals surface area (Å²) in [6, 6.07) is 0. The number of nitrogens with one attached hydrogen (secondary N) is 1. The minimum Gasteiger partial charge on any atom is -0.317 e. The van der Waals surface area contributed by atoms with E-state index in [2.05, 4.69) is 12.2 Å². The third-order valence-electron chi connectivity index (χ3n) is 2.68. The molecule has 2 nitrogen and oxygen atoms in total. The molecule has 2 heteroatoms. The molecule has 0 saturated heterocycles. The average Bonchev–Trinajstić information content (AvgIpc) is 2.26. The Labute approximate surface area is 94.8 Å². The SMILES string of the molecule is CCNCCCCCCCCCCC=O. The Hall–Kier alpha value is -0.370. The van der Waals surface area contributed by atoms with Crippen LogP contribution in [0.5, 0.6) is 0 Å². The third kappa shape index (κ3) is 13.6. The first kappa shape index (κ1) is 14.6. The second kappa shape index (κ2) is 13.6. The fraction of sp³-hybridized carbons (Fsp3) is 0.923. The number of hydrogen-bond donors (Lipinski definition) is 1. The van der Waals surface area contributed by atoms with Crippen molar-refractivity contribution in [3.8, 4) is 0 Å². The van der Waals surface area contributed by atoms with Crippen LogP contribution in [0.3, 0.4) is 0 Å². The summed E-state index contributed by atoms with van der Waals surface area (Å²) in [5.74, 6) is 0. The highest BCUT2D eigenvalue weighted by atomic mass is 16.1. The van der Waals surface area contributed by atoms with Crippen molar-refractivity contribution in [1.29, 1.82) is 0 Å².